The zero-order chi connectivity index (χ0) is 13.7. The van der Waals surface area contributed by atoms with Gasteiger partial charge in [0, 0.05) is 0 Å². The molecule has 0 spiro atoms. The van der Waals surface area contributed by atoms with Crippen LogP contribution in [0.1, 0.15) is 23.3 Å². The smallest absolute Gasteiger partial charge is 0.157 e. The average molecular weight is 274 g/mol. The van der Waals surface area contributed by atoms with E-state index in [1.165, 1.54) is 0 Å². The van der Waals surface area contributed by atoms with Crippen LogP contribution in [0, 0.1) is 0 Å². The van der Waals surface area contributed by atoms with Gasteiger partial charge < -0.3 is 0 Å². The summed E-state index contributed by atoms with van der Waals surface area (Å²) in [6.07, 6.45) is 0.570. The summed E-state index contributed by atoms with van der Waals surface area (Å²) in [7, 11) is -3.11. The monoisotopic (exact) mass is 274 g/mol. The molecule has 0 aliphatic heterocycles. The van der Waals surface area contributed by atoms with E-state index in [9.17, 15) is 8.42 Å². The maximum atomic E-state index is 12.3. The van der Waals surface area contributed by atoms with Crippen LogP contribution in [-0.2, 0) is 16.3 Å². The zero-order valence-corrected chi connectivity index (χ0v) is 11.8. The van der Waals surface area contributed by atoms with Gasteiger partial charge in [0.1, 0.15) is 0 Å². The normalized spacial score (nSPS) is 13.1. The van der Waals surface area contributed by atoms with E-state index < -0.39 is 15.1 Å². The lowest BCUT2D eigenvalue weighted by Gasteiger charge is -2.13. The van der Waals surface area contributed by atoms with Crippen LogP contribution in [-0.4, -0.2) is 14.2 Å². The molecular formula is C16H18O2S. The van der Waals surface area contributed by atoms with Gasteiger partial charge in [0.25, 0.3) is 0 Å². The molecular weight excluding hydrogens is 256 g/mol. The highest BCUT2D eigenvalue weighted by Gasteiger charge is 2.21. The summed E-state index contributed by atoms with van der Waals surface area (Å²) < 4.78 is 24.6. The van der Waals surface area contributed by atoms with Gasteiger partial charge in [0.05, 0.1) is 11.0 Å². The fourth-order valence-electron chi connectivity index (χ4n) is 2.01. The Morgan fingerprint density at radius 1 is 0.895 bits per heavy atom. The summed E-state index contributed by atoms with van der Waals surface area (Å²) in [4.78, 5) is 0. The summed E-state index contributed by atoms with van der Waals surface area (Å²) in [5.41, 5.74) is 1.92. The summed E-state index contributed by atoms with van der Waals surface area (Å²) in [6, 6.07) is 19.1. The molecule has 0 fully saturated rings. The van der Waals surface area contributed by atoms with Gasteiger partial charge in [0.2, 0.25) is 0 Å². The molecule has 0 radical (unpaired) electrons. The molecule has 19 heavy (non-hydrogen) atoms. The minimum atomic E-state index is -3.11. The molecule has 3 heteroatoms. The molecule has 2 nitrogen and oxygen atoms in total. The lowest BCUT2D eigenvalue weighted by Crippen LogP contribution is -2.15. The van der Waals surface area contributed by atoms with Crippen LogP contribution in [0.2, 0.25) is 0 Å². The molecule has 0 aromatic heterocycles. The van der Waals surface area contributed by atoms with Crippen LogP contribution < -0.4 is 0 Å². The second-order valence-electron chi connectivity index (χ2n) is 4.66. The number of aryl methyl sites for hydroxylation is 1. The molecule has 0 saturated heterocycles. The van der Waals surface area contributed by atoms with E-state index in [2.05, 4.69) is 0 Å². The molecule has 2 aromatic carbocycles. The molecule has 1 unspecified atom stereocenters. The van der Waals surface area contributed by atoms with Gasteiger partial charge in [-0.25, -0.2) is 8.42 Å². The molecule has 0 aliphatic carbocycles. The van der Waals surface area contributed by atoms with Gasteiger partial charge in [-0.2, -0.15) is 0 Å². The van der Waals surface area contributed by atoms with E-state index in [4.69, 9.17) is 0 Å². The van der Waals surface area contributed by atoms with Crippen LogP contribution in [0.4, 0.5) is 0 Å². The zero-order valence-electron chi connectivity index (χ0n) is 11.0. The highest BCUT2D eigenvalue weighted by Crippen LogP contribution is 2.22. The van der Waals surface area contributed by atoms with Crippen molar-refractivity contribution in [3.05, 3.63) is 71.8 Å². The minimum Gasteiger partial charge on any atom is -0.228 e. The Labute approximate surface area is 115 Å². The molecule has 0 N–H and O–H groups in total. The van der Waals surface area contributed by atoms with Crippen molar-refractivity contribution < 1.29 is 8.42 Å². The van der Waals surface area contributed by atoms with Gasteiger partial charge in [0.15, 0.2) is 9.84 Å². The first kappa shape index (κ1) is 13.8. The second-order valence-corrected chi connectivity index (χ2v) is 7.10. The number of sulfone groups is 1. The molecule has 1 atom stereocenters. The molecule has 0 heterocycles. The van der Waals surface area contributed by atoms with Crippen molar-refractivity contribution in [1.29, 1.82) is 0 Å². The van der Waals surface area contributed by atoms with Crippen molar-refractivity contribution in [2.75, 3.05) is 5.75 Å². The number of benzene rings is 2. The van der Waals surface area contributed by atoms with E-state index in [0.29, 0.717) is 6.42 Å². The molecule has 2 rings (SSSR count). The molecule has 0 saturated carbocycles. The van der Waals surface area contributed by atoms with Gasteiger partial charge in [-0.3, -0.25) is 0 Å². The van der Waals surface area contributed by atoms with Crippen molar-refractivity contribution in [2.24, 2.45) is 0 Å². The van der Waals surface area contributed by atoms with E-state index in [0.717, 1.165) is 11.1 Å². The second kappa shape index (κ2) is 6.02. The van der Waals surface area contributed by atoms with Crippen LogP contribution in [0.25, 0.3) is 0 Å². The average Bonchev–Trinajstić information content (AvgIpc) is 2.46. The van der Waals surface area contributed by atoms with Crippen molar-refractivity contribution in [3.63, 3.8) is 0 Å². The van der Waals surface area contributed by atoms with Crippen molar-refractivity contribution in [3.8, 4) is 0 Å². The Kier molecular flexibility index (Phi) is 4.38. The standard InChI is InChI=1S/C16H18O2S/c1-14(16-10-6-3-7-11-16)19(17,18)13-12-15-8-4-2-5-9-15/h2-11,14H,12-13H2,1H3. The molecule has 0 bridgehead atoms. The lowest BCUT2D eigenvalue weighted by atomic mass is 10.2. The first-order valence-corrected chi connectivity index (χ1v) is 8.11. The first-order valence-electron chi connectivity index (χ1n) is 6.40. The summed E-state index contributed by atoms with van der Waals surface area (Å²) in [5.74, 6) is 0.188. The fraction of sp³-hybridized carbons (Fsp3) is 0.250. The molecule has 2 aromatic rings. The van der Waals surface area contributed by atoms with Crippen LogP contribution in [0.5, 0.6) is 0 Å². The molecule has 0 aliphatic rings. The van der Waals surface area contributed by atoms with Crippen molar-refractivity contribution in [2.45, 2.75) is 18.6 Å². The maximum Gasteiger partial charge on any atom is 0.157 e. The van der Waals surface area contributed by atoms with Crippen molar-refractivity contribution in [1.82, 2.24) is 0 Å². The number of hydrogen-bond acceptors (Lipinski definition) is 2. The topological polar surface area (TPSA) is 34.1 Å². The van der Waals surface area contributed by atoms with E-state index in [-0.39, 0.29) is 5.75 Å². The SMILES string of the molecule is CC(c1ccccc1)S(=O)(=O)CCc1ccccc1. The fourth-order valence-corrected chi connectivity index (χ4v) is 3.46. The summed E-state index contributed by atoms with van der Waals surface area (Å²) >= 11 is 0. The Bertz CT molecular complexity index is 604. The van der Waals surface area contributed by atoms with Gasteiger partial charge in [-0.15, -0.1) is 0 Å². The van der Waals surface area contributed by atoms with E-state index in [1.54, 1.807) is 6.92 Å². The third-order valence-corrected chi connectivity index (χ3v) is 5.45. The maximum absolute atomic E-state index is 12.3. The highest BCUT2D eigenvalue weighted by atomic mass is 32.2. The minimum absolute atomic E-state index is 0.188. The summed E-state index contributed by atoms with van der Waals surface area (Å²) in [5, 5.41) is -0.447. The quantitative estimate of drug-likeness (QED) is 0.837. The van der Waals surface area contributed by atoms with Crippen LogP contribution in [0.15, 0.2) is 60.7 Å². The Balaban J connectivity index is 2.07. The van der Waals surface area contributed by atoms with Gasteiger partial charge >= 0.3 is 0 Å². The Morgan fingerprint density at radius 2 is 1.42 bits per heavy atom. The predicted octanol–water partition coefficient (Wildman–Crippen LogP) is 3.41. The Hall–Kier alpha value is -1.61. The van der Waals surface area contributed by atoms with Gasteiger partial charge in [-0.05, 0) is 24.5 Å². The Morgan fingerprint density at radius 3 is 2.00 bits per heavy atom. The molecule has 100 valence electrons. The van der Waals surface area contributed by atoms with E-state index in [1.807, 2.05) is 60.7 Å². The number of rotatable bonds is 5. The largest absolute Gasteiger partial charge is 0.228 e. The van der Waals surface area contributed by atoms with E-state index >= 15 is 0 Å². The predicted molar refractivity (Wildman–Crippen MR) is 78.8 cm³/mol. The third-order valence-electron chi connectivity index (χ3n) is 3.33. The first-order chi connectivity index (χ1) is 9.09. The lowest BCUT2D eigenvalue weighted by molar-refractivity contribution is 0.585. The van der Waals surface area contributed by atoms with Gasteiger partial charge in [-0.1, -0.05) is 60.7 Å². The highest BCUT2D eigenvalue weighted by molar-refractivity contribution is 7.91. The number of hydrogen-bond donors (Lipinski definition) is 0. The van der Waals surface area contributed by atoms with Crippen molar-refractivity contribution >= 4 is 9.84 Å². The third kappa shape index (κ3) is 3.67. The van der Waals surface area contributed by atoms with Crippen LogP contribution >= 0.6 is 0 Å². The van der Waals surface area contributed by atoms with Crippen LogP contribution in [0.3, 0.4) is 0 Å². The summed E-state index contributed by atoms with van der Waals surface area (Å²) in [6.45, 7) is 1.76. The molecule has 0 amide bonds.